The number of aryl methyl sites for hydroxylation is 1. The molecule has 1 amide bonds. The predicted molar refractivity (Wildman–Crippen MR) is 103 cm³/mol. The van der Waals surface area contributed by atoms with Crippen LogP contribution in [0.2, 0.25) is 0 Å². The molecule has 0 radical (unpaired) electrons. The molecule has 3 aromatic rings. The topological polar surface area (TPSA) is 47.4 Å². The van der Waals surface area contributed by atoms with Gasteiger partial charge in [0.2, 0.25) is 0 Å². The van der Waals surface area contributed by atoms with Gasteiger partial charge in [0.15, 0.2) is 0 Å². The number of rotatable bonds is 3. The van der Waals surface area contributed by atoms with Crippen molar-refractivity contribution in [3.63, 3.8) is 0 Å². The molecule has 138 valence electrons. The van der Waals surface area contributed by atoms with E-state index in [9.17, 15) is 9.18 Å². The third kappa shape index (κ3) is 3.23. The van der Waals surface area contributed by atoms with Crippen molar-refractivity contribution in [2.75, 3.05) is 7.11 Å². The summed E-state index contributed by atoms with van der Waals surface area (Å²) in [5, 5.41) is 4.41. The molecule has 4 rings (SSSR count). The Morgan fingerprint density at radius 1 is 1.15 bits per heavy atom. The number of halogens is 2. The number of ether oxygens (including phenoxy) is 1. The quantitative estimate of drug-likeness (QED) is 0.627. The summed E-state index contributed by atoms with van der Waals surface area (Å²) < 4.78 is 20.9. The van der Waals surface area contributed by atoms with Gasteiger partial charge in [-0.05, 0) is 69.5 Å². The van der Waals surface area contributed by atoms with Gasteiger partial charge in [0.1, 0.15) is 17.3 Å². The molecule has 1 aromatic heterocycles. The molecule has 27 heavy (non-hydrogen) atoms. The molecule has 0 fully saturated rings. The van der Waals surface area contributed by atoms with Crippen molar-refractivity contribution < 1.29 is 13.9 Å². The maximum Gasteiger partial charge on any atom is 0.272 e. The Kier molecular flexibility index (Phi) is 4.47. The van der Waals surface area contributed by atoms with E-state index in [4.69, 9.17) is 4.74 Å². The van der Waals surface area contributed by atoms with E-state index >= 15 is 0 Å². The number of amides is 1. The van der Waals surface area contributed by atoms with Crippen LogP contribution in [0.25, 0.3) is 11.3 Å². The fourth-order valence-electron chi connectivity index (χ4n) is 3.29. The SMILES string of the molecule is COc1cc2c(cc1Br)CN(C(=O)c1cc(-c3ccc(F)cc3)nn1C)C2. The molecule has 1 aliphatic rings. The van der Waals surface area contributed by atoms with Gasteiger partial charge in [0, 0.05) is 25.7 Å². The van der Waals surface area contributed by atoms with Crippen molar-refractivity contribution in [1.29, 1.82) is 0 Å². The summed E-state index contributed by atoms with van der Waals surface area (Å²) in [5.74, 6) is 0.356. The van der Waals surface area contributed by atoms with Crippen molar-refractivity contribution in [2.45, 2.75) is 13.1 Å². The van der Waals surface area contributed by atoms with E-state index in [1.165, 1.54) is 12.1 Å². The van der Waals surface area contributed by atoms with Gasteiger partial charge in [0.05, 0.1) is 17.3 Å². The summed E-state index contributed by atoms with van der Waals surface area (Å²) in [6, 6.07) is 11.8. The lowest BCUT2D eigenvalue weighted by Crippen LogP contribution is -2.27. The van der Waals surface area contributed by atoms with Crippen molar-refractivity contribution in [2.24, 2.45) is 7.05 Å². The lowest BCUT2D eigenvalue weighted by molar-refractivity contribution is 0.0740. The summed E-state index contributed by atoms with van der Waals surface area (Å²) >= 11 is 3.49. The molecule has 0 bridgehead atoms. The number of methoxy groups -OCH3 is 1. The first kappa shape index (κ1) is 17.7. The summed E-state index contributed by atoms with van der Waals surface area (Å²) in [4.78, 5) is 14.8. The molecule has 0 atom stereocenters. The zero-order chi connectivity index (χ0) is 19.1. The molecule has 0 unspecified atom stereocenters. The van der Waals surface area contributed by atoms with Crippen LogP contribution in [0.15, 0.2) is 46.9 Å². The number of fused-ring (bicyclic) bond motifs is 1. The number of nitrogens with zero attached hydrogens (tertiary/aromatic N) is 3. The second-order valence-corrected chi connectivity index (χ2v) is 7.32. The smallest absolute Gasteiger partial charge is 0.272 e. The van der Waals surface area contributed by atoms with Crippen molar-refractivity contribution in [3.05, 3.63) is 69.6 Å². The van der Waals surface area contributed by atoms with Gasteiger partial charge in [-0.25, -0.2) is 4.39 Å². The van der Waals surface area contributed by atoms with E-state index in [1.54, 1.807) is 41.9 Å². The third-order valence-corrected chi connectivity index (χ3v) is 5.34. The largest absolute Gasteiger partial charge is 0.496 e. The van der Waals surface area contributed by atoms with Crippen LogP contribution in [0.3, 0.4) is 0 Å². The van der Waals surface area contributed by atoms with E-state index in [0.29, 0.717) is 24.5 Å². The Bertz CT molecular complexity index is 1030. The zero-order valence-corrected chi connectivity index (χ0v) is 16.5. The van der Waals surface area contributed by atoms with Crippen molar-refractivity contribution in [1.82, 2.24) is 14.7 Å². The number of benzene rings is 2. The predicted octanol–water partition coefficient (Wildman–Crippen LogP) is 4.15. The van der Waals surface area contributed by atoms with E-state index in [-0.39, 0.29) is 11.7 Å². The number of carbonyl (C=O) groups is 1. The molecule has 7 heteroatoms. The van der Waals surface area contributed by atoms with Crippen LogP contribution in [0.4, 0.5) is 4.39 Å². The highest BCUT2D eigenvalue weighted by molar-refractivity contribution is 9.10. The molecule has 0 N–H and O–H groups in total. The van der Waals surface area contributed by atoms with Crippen LogP contribution in [0.1, 0.15) is 21.6 Å². The first-order valence-electron chi connectivity index (χ1n) is 8.41. The number of hydrogen-bond acceptors (Lipinski definition) is 3. The van der Waals surface area contributed by atoms with E-state index < -0.39 is 0 Å². The van der Waals surface area contributed by atoms with Gasteiger partial charge in [-0.3, -0.25) is 9.48 Å². The molecule has 1 aliphatic heterocycles. The number of carbonyl (C=O) groups excluding carboxylic acids is 1. The maximum absolute atomic E-state index is 13.1. The summed E-state index contributed by atoms with van der Waals surface area (Å²) in [5.41, 5.74) is 4.07. The third-order valence-electron chi connectivity index (χ3n) is 4.72. The van der Waals surface area contributed by atoms with Crippen LogP contribution in [0.5, 0.6) is 5.75 Å². The van der Waals surface area contributed by atoms with Crippen LogP contribution in [0, 0.1) is 5.82 Å². The maximum atomic E-state index is 13.1. The Morgan fingerprint density at radius 3 is 2.48 bits per heavy atom. The van der Waals surface area contributed by atoms with Gasteiger partial charge in [-0.2, -0.15) is 5.10 Å². The van der Waals surface area contributed by atoms with Gasteiger partial charge < -0.3 is 9.64 Å². The minimum atomic E-state index is -0.303. The molecule has 2 aromatic carbocycles. The molecular weight excluding hydrogens is 413 g/mol. The van der Waals surface area contributed by atoms with Gasteiger partial charge in [-0.1, -0.05) is 0 Å². The molecular formula is C20H17BrFN3O2. The Balaban J connectivity index is 1.59. The van der Waals surface area contributed by atoms with Crippen LogP contribution >= 0.6 is 15.9 Å². The van der Waals surface area contributed by atoms with Crippen molar-refractivity contribution >= 4 is 21.8 Å². The van der Waals surface area contributed by atoms with Crippen LogP contribution in [-0.2, 0) is 20.1 Å². The van der Waals surface area contributed by atoms with E-state index in [0.717, 1.165) is 26.9 Å². The van der Waals surface area contributed by atoms with E-state index in [1.807, 2.05) is 12.1 Å². The van der Waals surface area contributed by atoms with Gasteiger partial charge in [-0.15, -0.1) is 0 Å². The summed E-state index contributed by atoms with van der Waals surface area (Å²) in [6.45, 7) is 1.06. The van der Waals surface area contributed by atoms with E-state index in [2.05, 4.69) is 21.0 Å². The normalized spacial score (nSPS) is 13.0. The second-order valence-electron chi connectivity index (χ2n) is 6.46. The highest BCUT2D eigenvalue weighted by Gasteiger charge is 2.27. The lowest BCUT2D eigenvalue weighted by atomic mass is 10.1. The molecule has 0 saturated carbocycles. The monoisotopic (exact) mass is 429 g/mol. The molecule has 2 heterocycles. The zero-order valence-electron chi connectivity index (χ0n) is 14.9. The Labute approximate surface area is 164 Å². The highest BCUT2D eigenvalue weighted by Crippen LogP contribution is 2.34. The highest BCUT2D eigenvalue weighted by atomic mass is 79.9. The van der Waals surface area contributed by atoms with Gasteiger partial charge in [0.25, 0.3) is 5.91 Å². The summed E-state index contributed by atoms with van der Waals surface area (Å²) in [7, 11) is 3.36. The Morgan fingerprint density at radius 2 is 1.81 bits per heavy atom. The van der Waals surface area contributed by atoms with Crippen LogP contribution < -0.4 is 4.74 Å². The first-order chi connectivity index (χ1) is 13.0. The number of hydrogen-bond donors (Lipinski definition) is 0. The van der Waals surface area contributed by atoms with Crippen molar-refractivity contribution in [3.8, 4) is 17.0 Å². The fourth-order valence-corrected chi connectivity index (χ4v) is 3.84. The standard InChI is InChI=1S/C20H17BrFN3O2/c1-24-18(9-17(23-24)12-3-5-15(22)6-4-12)20(26)25-10-13-7-16(21)19(27-2)8-14(13)11-25/h3-9H,10-11H2,1-2H3. The average molecular weight is 430 g/mol. The minimum absolute atomic E-state index is 0.0929. The van der Waals surface area contributed by atoms with Gasteiger partial charge >= 0.3 is 0 Å². The molecule has 0 saturated heterocycles. The number of aromatic nitrogens is 2. The summed E-state index contributed by atoms with van der Waals surface area (Å²) in [6.07, 6.45) is 0. The lowest BCUT2D eigenvalue weighted by Gasteiger charge is -2.15. The second kappa shape index (κ2) is 6.81. The first-order valence-corrected chi connectivity index (χ1v) is 9.20. The molecule has 5 nitrogen and oxygen atoms in total. The van der Waals surface area contributed by atoms with Crippen LogP contribution in [-0.4, -0.2) is 27.7 Å². The molecule has 0 aliphatic carbocycles. The fraction of sp³-hybridized carbons (Fsp3) is 0.200. The molecule has 0 spiro atoms. The minimum Gasteiger partial charge on any atom is -0.496 e. The average Bonchev–Trinajstić information content (AvgIpc) is 3.24. The Hall–Kier alpha value is -2.67.